The molecule has 0 spiro atoms. The SMILES string of the molecule is Cc1ccc(NC(=O)CSc2cccc[n+]2[O-])cc1S(=O)(=O)N1CCCCC1. The van der Waals surface area contributed by atoms with Crippen LogP contribution in [0.1, 0.15) is 24.8 Å². The molecular formula is C19H23N3O4S2. The van der Waals surface area contributed by atoms with Crippen LogP contribution in [0.5, 0.6) is 0 Å². The fourth-order valence-electron chi connectivity index (χ4n) is 3.06. The highest BCUT2D eigenvalue weighted by Gasteiger charge is 2.27. The van der Waals surface area contributed by atoms with Gasteiger partial charge in [-0.05, 0) is 55.3 Å². The summed E-state index contributed by atoms with van der Waals surface area (Å²) < 4.78 is 28.1. The Labute approximate surface area is 169 Å². The van der Waals surface area contributed by atoms with Crippen LogP contribution in [0.25, 0.3) is 0 Å². The maximum absolute atomic E-state index is 13.0. The second kappa shape index (κ2) is 8.93. The smallest absolute Gasteiger partial charge is 0.251 e. The van der Waals surface area contributed by atoms with E-state index in [0.29, 0.717) is 34.1 Å². The summed E-state index contributed by atoms with van der Waals surface area (Å²) in [4.78, 5) is 12.5. The Balaban J connectivity index is 1.70. The number of amides is 1. The molecule has 1 aliphatic heterocycles. The molecule has 0 unspecified atom stereocenters. The molecule has 2 aromatic rings. The van der Waals surface area contributed by atoms with Crippen LogP contribution in [0.4, 0.5) is 5.69 Å². The molecule has 150 valence electrons. The Bertz CT molecular complexity index is 957. The van der Waals surface area contributed by atoms with E-state index in [1.165, 1.54) is 16.6 Å². The first-order valence-electron chi connectivity index (χ1n) is 9.09. The molecule has 7 nitrogen and oxygen atoms in total. The highest BCUT2D eigenvalue weighted by molar-refractivity contribution is 7.99. The second-order valence-corrected chi connectivity index (χ2v) is 9.55. The molecular weight excluding hydrogens is 398 g/mol. The first-order valence-corrected chi connectivity index (χ1v) is 11.5. The van der Waals surface area contributed by atoms with Crippen LogP contribution in [-0.2, 0) is 14.8 Å². The number of carbonyl (C=O) groups excluding carboxylic acids is 1. The van der Waals surface area contributed by atoms with Crippen molar-refractivity contribution in [1.82, 2.24) is 4.31 Å². The lowest BCUT2D eigenvalue weighted by Gasteiger charge is -2.26. The van der Waals surface area contributed by atoms with Crippen LogP contribution in [0.3, 0.4) is 0 Å². The molecule has 0 aliphatic carbocycles. The number of rotatable bonds is 6. The van der Waals surface area contributed by atoms with Crippen LogP contribution in [0.15, 0.2) is 52.5 Å². The van der Waals surface area contributed by atoms with E-state index in [0.717, 1.165) is 31.0 Å². The quantitative estimate of drug-likeness (QED) is 0.439. The number of benzene rings is 1. The first-order chi connectivity index (χ1) is 13.4. The molecule has 0 bridgehead atoms. The van der Waals surface area contributed by atoms with E-state index < -0.39 is 10.0 Å². The fourth-order valence-corrected chi connectivity index (χ4v) is 5.54. The standard InChI is InChI=1S/C19H23N3O4S2/c1-15-8-9-16(13-17(15)28(25,26)21-10-4-2-5-11-21)20-18(23)14-27-19-7-3-6-12-22(19)24/h3,6-9,12-13H,2,4-5,10-11,14H2,1H3,(H,20,23). The number of sulfonamides is 1. The van der Waals surface area contributed by atoms with Crippen LogP contribution in [-0.4, -0.2) is 37.5 Å². The van der Waals surface area contributed by atoms with E-state index in [9.17, 15) is 18.4 Å². The monoisotopic (exact) mass is 421 g/mol. The van der Waals surface area contributed by atoms with E-state index in [-0.39, 0.29) is 16.6 Å². The zero-order chi connectivity index (χ0) is 20.1. The van der Waals surface area contributed by atoms with Gasteiger partial charge >= 0.3 is 0 Å². The van der Waals surface area contributed by atoms with Crippen molar-refractivity contribution in [2.45, 2.75) is 36.1 Å². The Hall–Kier alpha value is -2.10. The molecule has 1 N–H and O–H groups in total. The number of piperidine rings is 1. The van der Waals surface area contributed by atoms with Crippen LogP contribution in [0.2, 0.25) is 0 Å². The summed E-state index contributed by atoms with van der Waals surface area (Å²) in [6.45, 7) is 2.81. The first kappa shape index (κ1) is 20.6. The third kappa shape index (κ3) is 4.84. The lowest BCUT2D eigenvalue weighted by atomic mass is 10.2. The van der Waals surface area contributed by atoms with E-state index >= 15 is 0 Å². The molecule has 9 heteroatoms. The number of thioether (sulfide) groups is 1. The fraction of sp³-hybridized carbons (Fsp3) is 0.368. The maximum atomic E-state index is 13.0. The van der Waals surface area contributed by atoms with Gasteiger partial charge in [0.15, 0.2) is 6.20 Å². The topological polar surface area (TPSA) is 93.4 Å². The molecule has 0 atom stereocenters. The molecule has 1 fully saturated rings. The van der Waals surface area contributed by atoms with E-state index in [2.05, 4.69) is 5.32 Å². The summed E-state index contributed by atoms with van der Waals surface area (Å²) in [7, 11) is -3.58. The number of aromatic nitrogens is 1. The zero-order valence-electron chi connectivity index (χ0n) is 15.6. The Kier molecular flexibility index (Phi) is 6.58. The number of aryl methyl sites for hydroxylation is 1. The Morgan fingerprint density at radius 2 is 1.96 bits per heavy atom. The van der Waals surface area contributed by atoms with Crippen molar-refractivity contribution in [2.24, 2.45) is 0 Å². The van der Waals surface area contributed by atoms with Gasteiger partial charge in [-0.3, -0.25) is 4.79 Å². The minimum absolute atomic E-state index is 0.0499. The van der Waals surface area contributed by atoms with Gasteiger partial charge in [0, 0.05) is 30.9 Å². The molecule has 2 heterocycles. The number of nitrogens with zero attached hydrogens (tertiary/aromatic N) is 2. The van der Waals surface area contributed by atoms with Crippen LogP contribution < -0.4 is 10.0 Å². The average Bonchev–Trinajstić information content (AvgIpc) is 2.69. The number of pyridine rings is 1. The van der Waals surface area contributed by atoms with Crippen molar-refractivity contribution in [3.8, 4) is 0 Å². The van der Waals surface area contributed by atoms with Gasteiger partial charge in [0.25, 0.3) is 5.03 Å². The zero-order valence-corrected chi connectivity index (χ0v) is 17.3. The molecule has 0 radical (unpaired) electrons. The molecule has 28 heavy (non-hydrogen) atoms. The predicted octanol–water partition coefficient (Wildman–Crippen LogP) is 2.53. The molecule has 0 saturated carbocycles. The summed E-state index contributed by atoms with van der Waals surface area (Å²) in [5.41, 5.74) is 1.07. The lowest BCUT2D eigenvalue weighted by molar-refractivity contribution is -0.645. The summed E-state index contributed by atoms with van der Waals surface area (Å²) in [5.74, 6) is -0.257. The van der Waals surface area contributed by atoms with Crippen molar-refractivity contribution < 1.29 is 17.9 Å². The molecule has 1 aliphatic rings. The van der Waals surface area contributed by atoms with Crippen molar-refractivity contribution in [3.05, 3.63) is 53.4 Å². The number of hydrogen-bond acceptors (Lipinski definition) is 5. The highest BCUT2D eigenvalue weighted by atomic mass is 32.2. The van der Waals surface area contributed by atoms with Crippen molar-refractivity contribution in [2.75, 3.05) is 24.2 Å². The lowest BCUT2D eigenvalue weighted by Crippen LogP contribution is -2.36. The van der Waals surface area contributed by atoms with Crippen LogP contribution >= 0.6 is 11.8 Å². The highest BCUT2D eigenvalue weighted by Crippen LogP contribution is 2.26. The molecule has 3 rings (SSSR count). The van der Waals surface area contributed by atoms with Crippen molar-refractivity contribution in [3.63, 3.8) is 0 Å². The number of anilines is 1. The van der Waals surface area contributed by atoms with E-state index in [1.54, 1.807) is 37.3 Å². The van der Waals surface area contributed by atoms with Gasteiger partial charge in [-0.2, -0.15) is 9.04 Å². The molecule has 1 aromatic carbocycles. The third-order valence-electron chi connectivity index (χ3n) is 4.54. The van der Waals surface area contributed by atoms with Gasteiger partial charge in [-0.25, -0.2) is 8.42 Å². The van der Waals surface area contributed by atoms with Gasteiger partial charge in [0.05, 0.1) is 10.6 Å². The van der Waals surface area contributed by atoms with Gasteiger partial charge in [0.2, 0.25) is 15.9 Å². The minimum atomic E-state index is -3.58. The molecule has 1 saturated heterocycles. The summed E-state index contributed by atoms with van der Waals surface area (Å²) >= 11 is 1.12. The minimum Gasteiger partial charge on any atom is -0.618 e. The average molecular weight is 422 g/mol. The predicted molar refractivity (Wildman–Crippen MR) is 109 cm³/mol. The summed E-state index contributed by atoms with van der Waals surface area (Å²) in [5, 5.41) is 14.8. The maximum Gasteiger partial charge on any atom is 0.251 e. The van der Waals surface area contributed by atoms with Crippen LogP contribution in [0, 0.1) is 12.1 Å². The van der Waals surface area contributed by atoms with E-state index in [4.69, 9.17) is 0 Å². The Morgan fingerprint density at radius 3 is 2.68 bits per heavy atom. The van der Waals surface area contributed by atoms with E-state index in [1.807, 2.05) is 0 Å². The molecule has 1 amide bonds. The van der Waals surface area contributed by atoms with Crippen molar-refractivity contribution >= 4 is 33.4 Å². The summed E-state index contributed by atoms with van der Waals surface area (Å²) in [6, 6.07) is 9.88. The van der Waals surface area contributed by atoms with Gasteiger partial charge in [-0.1, -0.05) is 12.5 Å². The number of carbonyl (C=O) groups is 1. The number of hydrogen-bond donors (Lipinski definition) is 1. The third-order valence-corrected chi connectivity index (χ3v) is 7.60. The van der Waals surface area contributed by atoms with Gasteiger partial charge in [0.1, 0.15) is 0 Å². The van der Waals surface area contributed by atoms with Gasteiger partial charge < -0.3 is 10.5 Å². The second-order valence-electron chi connectivity index (χ2n) is 6.65. The molecule has 1 aromatic heterocycles. The largest absolute Gasteiger partial charge is 0.618 e. The number of nitrogens with one attached hydrogen (secondary N) is 1. The van der Waals surface area contributed by atoms with Crippen molar-refractivity contribution in [1.29, 1.82) is 0 Å². The van der Waals surface area contributed by atoms with Gasteiger partial charge in [-0.15, -0.1) is 0 Å². The normalized spacial score (nSPS) is 15.3. The summed E-state index contributed by atoms with van der Waals surface area (Å²) in [6.07, 6.45) is 4.15. The Morgan fingerprint density at radius 1 is 1.21 bits per heavy atom.